The molecule has 2 aromatic carbocycles. The molecule has 0 saturated carbocycles. The van der Waals surface area contributed by atoms with Crippen LogP contribution in [0.1, 0.15) is 16.5 Å². The minimum Gasteiger partial charge on any atom is -0.492 e. The third-order valence-electron chi connectivity index (χ3n) is 6.18. The molecule has 0 bridgehead atoms. The second-order valence-corrected chi connectivity index (χ2v) is 9.19. The molecule has 0 radical (unpaired) electrons. The van der Waals surface area contributed by atoms with Crippen molar-refractivity contribution < 1.29 is 13.9 Å². The van der Waals surface area contributed by atoms with Gasteiger partial charge < -0.3 is 14.4 Å². The Labute approximate surface area is 199 Å². The Morgan fingerprint density at radius 2 is 1.71 bits per heavy atom. The van der Waals surface area contributed by atoms with Gasteiger partial charge in [-0.05, 0) is 29.8 Å². The van der Waals surface area contributed by atoms with Crippen molar-refractivity contribution in [3.63, 3.8) is 0 Å². The summed E-state index contributed by atoms with van der Waals surface area (Å²) in [4.78, 5) is 10.4. The van der Waals surface area contributed by atoms with Gasteiger partial charge in [0, 0.05) is 26.2 Å². The van der Waals surface area contributed by atoms with E-state index >= 15 is 0 Å². The van der Waals surface area contributed by atoms with Crippen LogP contribution in [0.3, 0.4) is 0 Å². The maximum Gasteiger partial charge on any atom is 0.230 e. The summed E-state index contributed by atoms with van der Waals surface area (Å²) < 4.78 is 21.2. The molecule has 172 valence electrons. The number of nitrogens with zero attached hydrogens (tertiary/aromatic N) is 5. The predicted molar refractivity (Wildman–Crippen MR) is 129 cm³/mol. The number of thiazole rings is 1. The van der Waals surface area contributed by atoms with E-state index in [0.29, 0.717) is 35.3 Å². The quantitative estimate of drug-likeness (QED) is 0.394. The van der Waals surface area contributed by atoms with Gasteiger partial charge in [0.05, 0.1) is 22.9 Å². The number of furan rings is 1. The first-order chi connectivity index (χ1) is 16.7. The zero-order valence-corrected chi connectivity index (χ0v) is 19.0. The number of rotatable bonds is 5. The van der Waals surface area contributed by atoms with Gasteiger partial charge in [-0.15, -0.1) is 5.10 Å². The number of fused-ring (bicyclic) bond motifs is 1. The Bertz CT molecular complexity index is 1410. The van der Waals surface area contributed by atoms with Crippen LogP contribution in [0.4, 0.5) is 10.1 Å². The van der Waals surface area contributed by atoms with Crippen LogP contribution in [0.5, 0.6) is 5.88 Å². The molecule has 0 aliphatic carbocycles. The van der Waals surface area contributed by atoms with Crippen molar-refractivity contribution in [1.29, 1.82) is 0 Å². The van der Waals surface area contributed by atoms with E-state index in [9.17, 15) is 9.50 Å². The van der Waals surface area contributed by atoms with Gasteiger partial charge in [0.2, 0.25) is 16.7 Å². The van der Waals surface area contributed by atoms with Crippen molar-refractivity contribution in [3.05, 3.63) is 89.3 Å². The molecule has 9 heteroatoms. The smallest absolute Gasteiger partial charge is 0.230 e. The summed E-state index contributed by atoms with van der Waals surface area (Å²) in [6.45, 7) is 2.82. The van der Waals surface area contributed by atoms with Crippen LogP contribution < -0.4 is 4.90 Å². The number of benzene rings is 2. The Hall–Kier alpha value is -3.69. The highest BCUT2D eigenvalue weighted by atomic mass is 32.1. The fraction of sp³-hybridized carbons (Fsp3) is 0.200. The molecule has 1 atom stereocenters. The van der Waals surface area contributed by atoms with E-state index in [1.54, 1.807) is 24.5 Å². The van der Waals surface area contributed by atoms with Crippen molar-refractivity contribution in [1.82, 2.24) is 19.5 Å². The molecule has 5 aromatic rings. The van der Waals surface area contributed by atoms with Gasteiger partial charge >= 0.3 is 0 Å². The normalized spacial score (nSPS) is 15.7. The molecule has 4 heterocycles. The largest absolute Gasteiger partial charge is 0.492 e. The predicted octanol–water partition coefficient (Wildman–Crippen LogP) is 4.81. The summed E-state index contributed by atoms with van der Waals surface area (Å²) in [7, 11) is 0. The van der Waals surface area contributed by atoms with Gasteiger partial charge in [-0.3, -0.25) is 4.90 Å². The van der Waals surface area contributed by atoms with Gasteiger partial charge in [-0.1, -0.05) is 53.8 Å². The highest BCUT2D eigenvalue weighted by Crippen LogP contribution is 2.41. The maximum atomic E-state index is 14.3. The van der Waals surface area contributed by atoms with Crippen molar-refractivity contribution in [3.8, 4) is 17.5 Å². The van der Waals surface area contributed by atoms with E-state index in [1.165, 1.54) is 21.9 Å². The number of hydrogen-bond donors (Lipinski definition) is 1. The van der Waals surface area contributed by atoms with Crippen LogP contribution in [0.15, 0.2) is 77.4 Å². The van der Waals surface area contributed by atoms with Crippen LogP contribution in [0.25, 0.3) is 16.5 Å². The SMILES string of the molecule is Oc1c(C(c2ccccc2)N2CCN(c3ccccc3F)CC2)sc2nc(-c3ccco3)nn12. The molecule has 1 aliphatic rings. The van der Waals surface area contributed by atoms with Gasteiger partial charge in [0.25, 0.3) is 0 Å². The number of para-hydroxylation sites is 1. The molecular formula is C25H22FN5O2S. The third-order valence-corrected chi connectivity index (χ3v) is 7.25. The van der Waals surface area contributed by atoms with Gasteiger partial charge in [-0.25, -0.2) is 4.39 Å². The summed E-state index contributed by atoms with van der Waals surface area (Å²) >= 11 is 1.42. The van der Waals surface area contributed by atoms with Crippen molar-refractivity contribution in [2.24, 2.45) is 0 Å². The van der Waals surface area contributed by atoms with Crippen LogP contribution in [0.2, 0.25) is 0 Å². The van der Waals surface area contributed by atoms with Gasteiger partial charge in [0.1, 0.15) is 5.82 Å². The lowest BCUT2D eigenvalue weighted by molar-refractivity contribution is 0.210. The van der Waals surface area contributed by atoms with E-state index in [2.05, 4.69) is 32.0 Å². The molecule has 34 heavy (non-hydrogen) atoms. The van der Waals surface area contributed by atoms with E-state index in [0.717, 1.165) is 23.5 Å². The first-order valence-electron chi connectivity index (χ1n) is 11.1. The monoisotopic (exact) mass is 475 g/mol. The molecule has 1 fully saturated rings. The second kappa shape index (κ2) is 8.58. The summed E-state index contributed by atoms with van der Waals surface area (Å²) in [6.07, 6.45) is 1.57. The fourth-order valence-corrected chi connectivity index (χ4v) is 5.65. The topological polar surface area (TPSA) is 70.0 Å². The van der Waals surface area contributed by atoms with Crippen molar-refractivity contribution in [2.75, 3.05) is 31.1 Å². The summed E-state index contributed by atoms with van der Waals surface area (Å²) in [6, 6.07) is 20.4. The molecule has 1 aliphatic heterocycles. The Morgan fingerprint density at radius 1 is 0.941 bits per heavy atom. The Balaban J connectivity index is 1.33. The van der Waals surface area contributed by atoms with Crippen molar-refractivity contribution in [2.45, 2.75) is 6.04 Å². The first kappa shape index (κ1) is 20.9. The van der Waals surface area contributed by atoms with E-state index in [4.69, 9.17) is 4.42 Å². The van der Waals surface area contributed by atoms with Crippen LogP contribution in [0, 0.1) is 5.82 Å². The van der Waals surface area contributed by atoms with Gasteiger partial charge in [-0.2, -0.15) is 9.50 Å². The number of hydrogen-bond acceptors (Lipinski definition) is 7. The summed E-state index contributed by atoms with van der Waals surface area (Å²) in [5, 5.41) is 15.6. The standard InChI is InChI=1S/C25H22FN5O2S/c26-18-9-4-5-10-19(18)29-12-14-30(15-13-29)21(17-7-2-1-3-8-17)22-24(32)31-25(34-22)27-23(28-31)20-11-6-16-33-20/h1-11,16,21,32H,12-15H2. The number of anilines is 1. The lowest BCUT2D eigenvalue weighted by Gasteiger charge is -2.40. The molecular weight excluding hydrogens is 453 g/mol. The third kappa shape index (κ3) is 3.63. The molecule has 1 N–H and O–H groups in total. The molecule has 6 rings (SSSR count). The van der Waals surface area contributed by atoms with E-state index < -0.39 is 0 Å². The number of piperazine rings is 1. The lowest BCUT2D eigenvalue weighted by atomic mass is 10.0. The van der Waals surface area contributed by atoms with Gasteiger partial charge in [0.15, 0.2) is 5.76 Å². The summed E-state index contributed by atoms with van der Waals surface area (Å²) in [5.41, 5.74) is 1.71. The second-order valence-electron chi connectivity index (χ2n) is 8.18. The van der Waals surface area contributed by atoms with Crippen LogP contribution in [-0.4, -0.2) is 50.8 Å². The molecule has 7 nitrogen and oxygen atoms in total. The zero-order chi connectivity index (χ0) is 23.1. The minimum absolute atomic E-state index is 0.0793. The Morgan fingerprint density at radius 3 is 2.41 bits per heavy atom. The average molecular weight is 476 g/mol. The average Bonchev–Trinajstić information content (AvgIpc) is 3.60. The van der Waals surface area contributed by atoms with E-state index in [-0.39, 0.29) is 17.7 Å². The number of aromatic nitrogens is 3. The maximum absolute atomic E-state index is 14.3. The minimum atomic E-state index is -0.203. The molecule has 3 aromatic heterocycles. The fourth-order valence-electron chi connectivity index (χ4n) is 4.53. The molecule has 0 amide bonds. The first-order valence-corrected chi connectivity index (χ1v) is 11.9. The van der Waals surface area contributed by atoms with Crippen LogP contribution in [-0.2, 0) is 0 Å². The summed E-state index contributed by atoms with van der Waals surface area (Å²) in [5.74, 6) is 0.871. The molecule has 1 unspecified atom stereocenters. The lowest BCUT2D eigenvalue weighted by Crippen LogP contribution is -2.48. The van der Waals surface area contributed by atoms with E-state index in [1.807, 2.05) is 30.3 Å². The highest BCUT2D eigenvalue weighted by Gasteiger charge is 2.32. The Kier molecular flexibility index (Phi) is 5.27. The van der Waals surface area contributed by atoms with Crippen molar-refractivity contribution >= 4 is 22.0 Å². The zero-order valence-electron chi connectivity index (χ0n) is 18.2. The van der Waals surface area contributed by atoms with Crippen LogP contribution >= 0.6 is 11.3 Å². The molecule has 1 saturated heterocycles. The highest BCUT2D eigenvalue weighted by molar-refractivity contribution is 7.17. The number of aromatic hydroxyl groups is 1. The molecule has 0 spiro atoms. The number of halogens is 1.